The van der Waals surface area contributed by atoms with Crippen LogP contribution in [0.5, 0.6) is 0 Å². The average Bonchev–Trinajstić information content (AvgIpc) is 2.15. The highest BCUT2D eigenvalue weighted by atomic mass is 19.3. The van der Waals surface area contributed by atoms with Crippen LogP contribution in [0.15, 0.2) is 0 Å². The van der Waals surface area contributed by atoms with Crippen molar-refractivity contribution in [3.63, 3.8) is 0 Å². The summed E-state index contributed by atoms with van der Waals surface area (Å²) in [5.74, 6) is -0.284. The molecule has 0 aliphatic carbocycles. The molecule has 0 radical (unpaired) electrons. The van der Waals surface area contributed by atoms with Crippen LogP contribution in [0.1, 0.15) is 13.3 Å². The summed E-state index contributed by atoms with van der Waals surface area (Å²) in [5, 5.41) is 2.47. The Bertz CT molecular complexity index is 167. The highest BCUT2D eigenvalue weighted by molar-refractivity contribution is 5.81. The molecule has 1 unspecified atom stereocenters. The first-order chi connectivity index (χ1) is 6.57. The number of alkyl halides is 2. The lowest BCUT2D eigenvalue weighted by molar-refractivity contribution is -0.122. The van der Waals surface area contributed by atoms with Gasteiger partial charge >= 0.3 is 0 Å². The van der Waals surface area contributed by atoms with Gasteiger partial charge in [-0.25, -0.2) is 8.78 Å². The van der Waals surface area contributed by atoms with E-state index in [1.165, 1.54) is 0 Å². The lowest BCUT2D eigenvalue weighted by atomic mass is 10.2. The zero-order valence-corrected chi connectivity index (χ0v) is 8.13. The van der Waals surface area contributed by atoms with Crippen LogP contribution in [0.2, 0.25) is 0 Å². The average molecular weight is 210 g/mol. The van der Waals surface area contributed by atoms with Crippen LogP contribution in [0.25, 0.3) is 0 Å². The third-order valence-corrected chi connectivity index (χ3v) is 1.57. The van der Waals surface area contributed by atoms with Gasteiger partial charge in [0.25, 0.3) is 6.43 Å². The first-order valence-electron chi connectivity index (χ1n) is 4.47. The van der Waals surface area contributed by atoms with Crippen LogP contribution < -0.4 is 11.1 Å². The van der Waals surface area contributed by atoms with Crippen molar-refractivity contribution in [1.29, 1.82) is 0 Å². The molecule has 1 amide bonds. The van der Waals surface area contributed by atoms with Crippen LogP contribution in [-0.2, 0) is 9.53 Å². The van der Waals surface area contributed by atoms with E-state index in [2.05, 4.69) is 10.1 Å². The Labute approximate surface area is 81.8 Å². The Morgan fingerprint density at radius 3 is 2.71 bits per heavy atom. The molecule has 0 heterocycles. The molecule has 0 fully saturated rings. The van der Waals surface area contributed by atoms with Crippen molar-refractivity contribution in [3.8, 4) is 0 Å². The van der Waals surface area contributed by atoms with Gasteiger partial charge in [-0.1, -0.05) is 6.92 Å². The van der Waals surface area contributed by atoms with Gasteiger partial charge in [-0.2, -0.15) is 0 Å². The summed E-state index contributed by atoms with van der Waals surface area (Å²) < 4.78 is 27.7. The number of carbonyl (C=O) groups is 1. The molecule has 84 valence electrons. The quantitative estimate of drug-likeness (QED) is 0.587. The van der Waals surface area contributed by atoms with E-state index >= 15 is 0 Å². The largest absolute Gasteiger partial charge is 0.374 e. The van der Waals surface area contributed by atoms with E-state index in [0.717, 1.165) is 0 Å². The first kappa shape index (κ1) is 13.2. The molecule has 6 heteroatoms. The third kappa shape index (κ3) is 6.73. The minimum atomic E-state index is -2.47. The normalized spacial score (nSPS) is 12.9. The number of hydrogen-bond donors (Lipinski definition) is 2. The summed E-state index contributed by atoms with van der Waals surface area (Å²) in [6, 6.07) is -0.537. The molecule has 0 saturated heterocycles. The van der Waals surface area contributed by atoms with Gasteiger partial charge in [0.05, 0.1) is 12.6 Å². The second-order valence-electron chi connectivity index (χ2n) is 2.77. The molecule has 0 aromatic carbocycles. The summed E-state index contributed by atoms with van der Waals surface area (Å²) in [7, 11) is 0. The molecule has 4 nitrogen and oxygen atoms in total. The van der Waals surface area contributed by atoms with Crippen molar-refractivity contribution in [3.05, 3.63) is 0 Å². The second-order valence-corrected chi connectivity index (χ2v) is 2.77. The third-order valence-electron chi connectivity index (χ3n) is 1.57. The summed E-state index contributed by atoms with van der Waals surface area (Å²) in [6.45, 7) is 1.47. The minimum Gasteiger partial charge on any atom is -0.374 e. The highest BCUT2D eigenvalue weighted by Crippen LogP contribution is 1.91. The van der Waals surface area contributed by atoms with Gasteiger partial charge in [0, 0.05) is 6.54 Å². The van der Waals surface area contributed by atoms with E-state index in [0.29, 0.717) is 6.42 Å². The molecule has 0 spiro atoms. The van der Waals surface area contributed by atoms with E-state index in [1.54, 1.807) is 6.92 Å². The second kappa shape index (κ2) is 7.64. The van der Waals surface area contributed by atoms with Gasteiger partial charge in [-0.3, -0.25) is 4.79 Å². The maximum absolute atomic E-state index is 11.6. The number of nitrogens with two attached hydrogens (primary N) is 1. The molecule has 0 rings (SSSR count). The maximum Gasteiger partial charge on any atom is 0.261 e. The molecule has 1 atom stereocenters. The van der Waals surface area contributed by atoms with Gasteiger partial charge in [0.2, 0.25) is 5.91 Å². The van der Waals surface area contributed by atoms with E-state index in [9.17, 15) is 13.6 Å². The van der Waals surface area contributed by atoms with Crippen molar-refractivity contribution in [2.75, 3.05) is 19.8 Å². The Morgan fingerprint density at radius 1 is 1.57 bits per heavy atom. The number of amides is 1. The Balaban J connectivity index is 3.32. The lowest BCUT2D eigenvalue weighted by Gasteiger charge is -2.09. The number of hydrogen-bond acceptors (Lipinski definition) is 3. The predicted octanol–water partition coefficient (Wildman–Crippen LogP) is 0.122. The summed E-state index contributed by atoms with van der Waals surface area (Å²) in [5.41, 5.74) is 5.41. The predicted molar refractivity (Wildman–Crippen MR) is 48.1 cm³/mol. The van der Waals surface area contributed by atoms with Crippen molar-refractivity contribution >= 4 is 5.91 Å². The molecule has 0 bridgehead atoms. The van der Waals surface area contributed by atoms with Crippen molar-refractivity contribution in [2.45, 2.75) is 25.8 Å². The topological polar surface area (TPSA) is 64.4 Å². The molecule has 0 aromatic heterocycles. The fourth-order valence-corrected chi connectivity index (χ4v) is 0.735. The summed E-state index contributed by atoms with van der Waals surface area (Å²) in [4.78, 5) is 11.0. The van der Waals surface area contributed by atoms with Crippen LogP contribution in [0, 0.1) is 0 Å². The summed E-state index contributed by atoms with van der Waals surface area (Å²) >= 11 is 0. The molecule has 0 saturated carbocycles. The maximum atomic E-state index is 11.6. The lowest BCUT2D eigenvalue weighted by Crippen LogP contribution is -2.41. The minimum absolute atomic E-state index is 0.0759. The van der Waals surface area contributed by atoms with Gasteiger partial charge in [-0.05, 0) is 6.42 Å². The van der Waals surface area contributed by atoms with E-state index in [4.69, 9.17) is 5.73 Å². The summed E-state index contributed by atoms with van der Waals surface area (Å²) in [6.07, 6.45) is -1.92. The van der Waals surface area contributed by atoms with Crippen LogP contribution in [0.3, 0.4) is 0 Å². The molecule has 0 aromatic rings. The highest BCUT2D eigenvalue weighted by Gasteiger charge is 2.09. The fraction of sp³-hybridized carbons (Fsp3) is 0.875. The van der Waals surface area contributed by atoms with Gasteiger partial charge < -0.3 is 15.8 Å². The number of nitrogens with one attached hydrogen (secondary N) is 1. The Kier molecular flexibility index (Phi) is 7.23. The van der Waals surface area contributed by atoms with Crippen molar-refractivity contribution in [1.82, 2.24) is 5.32 Å². The van der Waals surface area contributed by atoms with E-state index in [-0.39, 0.29) is 19.1 Å². The van der Waals surface area contributed by atoms with Crippen LogP contribution in [-0.4, -0.2) is 38.1 Å². The van der Waals surface area contributed by atoms with Gasteiger partial charge in [0.15, 0.2) is 0 Å². The molecular weight excluding hydrogens is 194 g/mol. The van der Waals surface area contributed by atoms with Crippen LogP contribution in [0.4, 0.5) is 8.78 Å². The first-order valence-corrected chi connectivity index (χ1v) is 4.47. The van der Waals surface area contributed by atoms with Gasteiger partial charge in [0.1, 0.15) is 6.61 Å². The van der Waals surface area contributed by atoms with Gasteiger partial charge in [-0.15, -0.1) is 0 Å². The Morgan fingerprint density at radius 2 is 2.21 bits per heavy atom. The van der Waals surface area contributed by atoms with E-state index in [1.807, 2.05) is 0 Å². The molecule has 14 heavy (non-hydrogen) atoms. The number of rotatable bonds is 7. The zero-order chi connectivity index (χ0) is 11.0. The zero-order valence-electron chi connectivity index (χ0n) is 8.13. The van der Waals surface area contributed by atoms with Crippen molar-refractivity contribution in [2.24, 2.45) is 5.73 Å². The Hall–Kier alpha value is -0.750. The molecule has 0 aliphatic rings. The SMILES string of the molecule is CCC(N)C(=O)NCCOCC(F)F. The number of halogens is 2. The molecular formula is C8H16F2N2O2. The smallest absolute Gasteiger partial charge is 0.261 e. The number of ether oxygens (including phenoxy) is 1. The van der Waals surface area contributed by atoms with Crippen LogP contribution >= 0.6 is 0 Å². The number of carbonyl (C=O) groups excluding carboxylic acids is 1. The standard InChI is InChI=1S/C8H16F2N2O2/c1-2-6(11)8(13)12-3-4-14-5-7(9)10/h6-7H,2-5,11H2,1H3,(H,12,13). The van der Waals surface area contributed by atoms with Crippen molar-refractivity contribution < 1.29 is 18.3 Å². The van der Waals surface area contributed by atoms with E-state index < -0.39 is 19.1 Å². The fourth-order valence-electron chi connectivity index (χ4n) is 0.735. The monoisotopic (exact) mass is 210 g/mol. The molecule has 0 aliphatic heterocycles. The molecule has 3 N–H and O–H groups in total.